The average molecular weight is 694 g/mol. The topological polar surface area (TPSA) is 114 Å². The van der Waals surface area contributed by atoms with Gasteiger partial charge in [0.15, 0.2) is 18.1 Å². The average Bonchev–Trinajstić information content (AvgIpc) is 2.90. The summed E-state index contributed by atoms with van der Waals surface area (Å²) in [5.41, 5.74) is 1.41. The highest BCUT2D eigenvalue weighted by Crippen LogP contribution is 2.36. The molecule has 3 aromatic rings. The monoisotopic (exact) mass is 693 g/mol. The zero-order valence-corrected chi connectivity index (χ0v) is 24.9. The first kappa shape index (κ1) is 29.4. The number of nitrogens with zero attached hydrogens (tertiary/aromatic N) is 1. The summed E-state index contributed by atoms with van der Waals surface area (Å²) < 4.78 is 12.1. The number of carbonyl (C=O) groups is 4. The van der Waals surface area contributed by atoms with Crippen LogP contribution in [0.15, 0.2) is 60.2 Å². The van der Waals surface area contributed by atoms with Gasteiger partial charge in [0.1, 0.15) is 5.57 Å². The number of carbonyl (C=O) groups excluding carboxylic acids is 4. The van der Waals surface area contributed by atoms with E-state index in [0.29, 0.717) is 41.9 Å². The molecule has 1 saturated heterocycles. The molecule has 206 valence electrons. The predicted molar refractivity (Wildman–Crippen MR) is 161 cm³/mol. The molecular formula is C28H22Cl2IN3O6. The van der Waals surface area contributed by atoms with Gasteiger partial charge in [0.05, 0.1) is 26.6 Å². The van der Waals surface area contributed by atoms with Crippen LogP contribution in [0.4, 0.5) is 16.2 Å². The van der Waals surface area contributed by atoms with E-state index in [9.17, 15) is 19.2 Å². The molecule has 1 aliphatic rings. The molecule has 0 saturated carbocycles. The lowest BCUT2D eigenvalue weighted by Crippen LogP contribution is -2.54. The number of benzene rings is 3. The van der Waals surface area contributed by atoms with Crippen LogP contribution in [-0.2, 0) is 14.4 Å². The molecular weight excluding hydrogens is 672 g/mol. The van der Waals surface area contributed by atoms with Gasteiger partial charge in [-0.3, -0.25) is 19.7 Å². The molecule has 0 aliphatic carbocycles. The van der Waals surface area contributed by atoms with Crippen molar-refractivity contribution in [1.29, 1.82) is 0 Å². The lowest BCUT2D eigenvalue weighted by molar-refractivity contribution is -0.122. The fourth-order valence-corrected chi connectivity index (χ4v) is 4.98. The standard InChI is InChI=1S/C28H22Cl2IN3O6/c1-3-39-23-13-16(12-20(31)25(23)40-14-24(35)32-21-9-5-4-7-19(21)30)11-17-26(36)33-28(38)34(27(17)37)22-10-6-8-18(29)15(22)2/h4-13H,3,14H2,1-2H3,(H,32,35)(H,33,36,38)/b17-11-. The van der Waals surface area contributed by atoms with Crippen LogP contribution in [0.1, 0.15) is 18.1 Å². The molecule has 0 unspecified atom stereocenters. The largest absolute Gasteiger partial charge is 0.490 e. The van der Waals surface area contributed by atoms with Gasteiger partial charge in [0, 0.05) is 5.02 Å². The Morgan fingerprint density at radius 2 is 1.77 bits per heavy atom. The number of amides is 5. The molecule has 0 aromatic heterocycles. The fourth-order valence-electron chi connectivity index (χ4n) is 3.84. The van der Waals surface area contributed by atoms with Crippen molar-refractivity contribution in [2.75, 3.05) is 23.4 Å². The third-order valence-corrected chi connectivity index (χ3v) is 7.26. The molecule has 5 amide bonds. The lowest BCUT2D eigenvalue weighted by Gasteiger charge is -2.27. The highest BCUT2D eigenvalue weighted by Gasteiger charge is 2.37. The number of imide groups is 2. The molecule has 40 heavy (non-hydrogen) atoms. The summed E-state index contributed by atoms with van der Waals surface area (Å²) in [6, 6.07) is 14.0. The number of barbiturate groups is 1. The Morgan fingerprint density at radius 1 is 1.05 bits per heavy atom. The van der Waals surface area contributed by atoms with Crippen LogP contribution in [0.2, 0.25) is 10.0 Å². The second-order valence-electron chi connectivity index (χ2n) is 8.42. The first-order valence-electron chi connectivity index (χ1n) is 11.9. The number of para-hydroxylation sites is 1. The Bertz CT molecular complexity index is 1560. The number of anilines is 2. The first-order valence-corrected chi connectivity index (χ1v) is 13.7. The van der Waals surface area contributed by atoms with Gasteiger partial charge in [-0.05, 0) is 90.0 Å². The third-order valence-electron chi connectivity index (χ3n) is 5.72. The number of hydrogen-bond donors (Lipinski definition) is 2. The lowest BCUT2D eigenvalue weighted by atomic mass is 10.1. The Hall–Kier alpha value is -3.61. The zero-order valence-electron chi connectivity index (χ0n) is 21.2. The zero-order chi connectivity index (χ0) is 29.0. The molecule has 12 heteroatoms. The molecule has 0 spiro atoms. The van der Waals surface area contributed by atoms with Crippen LogP contribution in [0.5, 0.6) is 11.5 Å². The number of rotatable bonds is 8. The Morgan fingerprint density at radius 3 is 2.50 bits per heavy atom. The van der Waals surface area contributed by atoms with Gasteiger partial charge in [-0.1, -0.05) is 41.4 Å². The molecule has 1 heterocycles. The molecule has 0 bridgehead atoms. The number of urea groups is 1. The van der Waals surface area contributed by atoms with Crippen LogP contribution in [0.25, 0.3) is 6.08 Å². The van der Waals surface area contributed by atoms with Crippen molar-refractivity contribution >= 4 is 87.0 Å². The molecule has 9 nitrogen and oxygen atoms in total. The van der Waals surface area contributed by atoms with Crippen LogP contribution in [0.3, 0.4) is 0 Å². The van der Waals surface area contributed by atoms with E-state index < -0.39 is 23.8 Å². The summed E-state index contributed by atoms with van der Waals surface area (Å²) in [6.45, 7) is 3.41. The molecule has 4 rings (SSSR count). The maximum absolute atomic E-state index is 13.3. The van der Waals surface area contributed by atoms with Crippen molar-refractivity contribution in [3.8, 4) is 11.5 Å². The predicted octanol–water partition coefficient (Wildman–Crippen LogP) is 5.99. The molecule has 0 radical (unpaired) electrons. The molecule has 0 atom stereocenters. The van der Waals surface area contributed by atoms with E-state index in [1.165, 1.54) is 6.08 Å². The third kappa shape index (κ3) is 6.40. The van der Waals surface area contributed by atoms with Gasteiger partial charge >= 0.3 is 6.03 Å². The van der Waals surface area contributed by atoms with Crippen molar-refractivity contribution in [3.63, 3.8) is 0 Å². The van der Waals surface area contributed by atoms with Gasteiger partial charge in [0.25, 0.3) is 17.7 Å². The summed E-state index contributed by atoms with van der Waals surface area (Å²) in [6.07, 6.45) is 1.36. The van der Waals surface area contributed by atoms with Crippen molar-refractivity contribution in [1.82, 2.24) is 5.32 Å². The summed E-state index contributed by atoms with van der Waals surface area (Å²) in [5.74, 6) is -1.46. The van der Waals surface area contributed by atoms with E-state index in [-0.39, 0.29) is 24.5 Å². The van der Waals surface area contributed by atoms with Gasteiger partial charge in [-0.25, -0.2) is 9.69 Å². The van der Waals surface area contributed by atoms with E-state index in [2.05, 4.69) is 10.6 Å². The molecule has 1 aliphatic heterocycles. The van der Waals surface area contributed by atoms with E-state index >= 15 is 0 Å². The van der Waals surface area contributed by atoms with E-state index in [1.807, 2.05) is 22.6 Å². The minimum atomic E-state index is -0.874. The van der Waals surface area contributed by atoms with Gasteiger partial charge in [0.2, 0.25) is 0 Å². The van der Waals surface area contributed by atoms with Gasteiger partial charge < -0.3 is 14.8 Å². The van der Waals surface area contributed by atoms with Crippen LogP contribution >= 0.6 is 45.8 Å². The Kier molecular flexibility index (Phi) is 9.33. The maximum Gasteiger partial charge on any atom is 0.335 e. The number of nitrogens with one attached hydrogen (secondary N) is 2. The van der Waals surface area contributed by atoms with Crippen molar-refractivity contribution in [3.05, 3.63) is 84.9 Å². The number of hydrogen-bond acceptors (Lipinski definition) is 6. The highest BCUT2D eigenvalue weighted by atomic mass is 127. The van der Waals surface area contributed by atoms with Crippen molar-refractivity contribution in [2.24, 2.45) is 0 Å². The molecule has 1 fully saturated rings. The number of halogens is 3. The Labute approximate surface area is 253 Å². The fraction of sp³-hybridized carbons (Fsp3) is 0.143. The van der Waals surface area contributed by atoms with Gasteiger partial charge in [-0.2, -0.15) is 0 Å². The summed E-state index contributed by atoms with van der Waals surface area (Å²) in [4.78, 5) is 52.0. The SMILES string of the molecule is CCOc1cc(/C=C2/C(=O)NC(=O)N(c3cccc(Cl)c3C)C2=O)cc(I)c1OCC(=O)Nc1ccccc1Cl. The highest BCUT2D eigenvalue weighted by molar-refractivity contribution is 14.1. The smallest absolute Gasteiger partial charge is 0.335 e. The second kappa shape index (κ2) is 12.7. The molecule has 2 N–H and O–H groups in total. The second-order valence-corrected chi connectivity index (χ2v) is 10.4. The van der Waals surface area contributed by atoms with Crippen molar-refractivity contribution < 1.29 is 28.7 Å². The minimum Gasteiger partial charge on any atom is -0.490 e. The molecule has 3 aromatic carbocycles. The quantitative estimate of drug-likeness (QED) is 0.170. The van der Waals surface area contributed by atoms with E-state index in [4.69, 9.17) is 32.7 Å². The Balaban J connectivity index is 1.61. The van der Waals surface area contributed by atoms with Gasteiger partial charge in [-0.15, -0.1) is 0 Å². The summed E-state index contributed by atoms with van der Waals surface area (Å²) in [7, 11) is 0. The first-order chi connectivity index (χ1) is 19.1. The van der Waals surface area contributed by atoms with Crippen LogP contribution in [0, 0.1) is 10.5 Å². The van der Waals surface area contributed by atoms with Crippen LogP contribution < -0.4 is 25.0 Å². The summed E-state index contributed by atoms with van der Waals surface area (Å²) >= 11 is 14.3. The maximum atomic E-state index is 13.3. The minimum absolute atomic E-state index is 0.259. The van der Waals surface area contributed by atoms with Crippen LogP contribution in [-0.4, -0.2) is 37.0 Å². The normalized spacial score (nSPS) is 14.3. The van der Waals surface area contributed by atoms with E-state index in [1.54, 1.807) is 68.4 Å². The van der Waals surface area contributed by atoms with Crippen molar-refractivity contribution in [2.45, 2.75) is 13.8 Å². The van der Waals surface area contributed by atoms with E-state index in [0.717, 1.165) is 4.90 Å². The number of ether oxygens (including phenoxy) is 2. The summed E-state index contributed by atoms with van der Waals surface area (Å²) in [5, 5.41) is 5.65.